The highest BCUT2D eigenvalue weighted by Gasteiger charge is 2.19. The SMILES string of the molecule is CCNC(=NCc1ccc(S(=O)(=O)N(C)C)s1)NC(C)CCC(C)(C)C. The van der Waals surface area contributed by atoms with E-state index in [1.165, 1.54) is 15.6 Å². The monoisotopic (exact) mass is 402 g/mol. The van der Waals surface area contributed by atoms with Crippen molar-refractivity contribution in [3.63, 3.8) is 0 Å². The van der Waals surface area contributed by atoms with Gasteiger partial charge < -0.3 is 10.6 Å². The third-order valence-electron chi connectivity index (χ3n) is 3.82. The number of guanidine groups is 1. The number of hydrogen-bond donors (Lipinski definition) is 2. The Morgan fingerprint density at radius 1 is 1.31 bits per heavy atom. The van der Waals surface area contributed by atoms with Gasteiger partial charge in [-0.3, -0.25) is 0 Å². The van der Waals surface area contributed by atoms with Gasteiger partial charge in [-0.15, -0.1) is 11.3 Å². The van der Waals surface area contributed by atoms with E-state index in [4.69, 9.17) is 0 Å². The highest BCUT2D eigenvalue weighted by Crippen LogP contribution is 2.24. The minimum atomic E-state index is -3.37. The molecule has 2 N–H and O–H groups in total. The number of hydrogen-bond acceptors (Lipinski definition) is 4. The molecule has 1 aromatic rings. The fraction of sp³-hybridized carbons (Fsp3) is 0.722. The lowest BCUT2D eigenvalue weighted by Crippen LogP contribution is -2.42. The fourth-order valence-corrected chi connectivity index (χ4v) is 4.64. The molecule has 0 aliphatic carbocycles. The molecule has 1 atom stereocenters. The van der Waals surface area contributed by atoms with Crippen LogP contribution in [0.2, 0.25) is 0 Å². The van der Waals surface area contributed by atoms with Crippen molar-refractivity contribution in [3.05, 3.63) is 17.0 Å². The van der Waals surface area contributed by atoms with E-state index in [1.54, 1.807) is 20.2 Å². The highest BCUT2D eigenvalue weighted by molar-refractivity contribution is 7.91. The molecule has 26 heavy (non-hydrogen) atoms. The number of sulfonamides is 1. The van der Waals surface area contributed by atoms with E-state index in [9.17, 15) is 8.42 Å². The summed E-state index contributed by atoms with van der Waals surface area (Å²) in [4.78, 5) is 5.53. The zero-order valence-electron chi connectivity index (χ0n) is 17.1. The predicted molar refractivity (Wildman–Crippen MR) is 111 cm³/mol. The summed E-state index contributed by atoms with van der Waals surface area (Å²) >= 11 is 1.27. The van der Waals surface area contributed by atoms with Gasteiger partial charge in [0.05, 0.1) is 6.54 Å². The summed E-state index contributed by atoms with van der Waals surface area (Å²) in [6, 6.07) is 3.80. The molecule has 1 unspecified atom stereocenters. The number of nitrogens with one attached hydrogen (secondary N) is 2. The molecule has 0 aromatic carbocycles. The molecule has 0 saturated heterocycles. The van der Waals surface area contributed by atoms with Crippen LogP contribution in [0.1, 0.15) is 52.3 Å². The zero-order chi connectivity index (χ0) is 20.0. The minimum absolute atomic E-state index is 0.316. The van der Waals surface area contributed by atoms with Crippen LogP contribution in [0.25, 0.3) is 0 Å². The van der Waals surface area contributed by atoms with Crippen LogP contribution in [0, 0.1) is 5.41 Å². The number of thiophene rings is 1. The van der Waals surface area contributed by atoms with Crippen molar-refractivity contribution in [3.8, 4) is 0 Å². The summed E-state index contributed by atoms with van der Waals surface area (Å²) in [5.74, 6) is 0.763. The van der Waals surface area contributed by atoms with Gasteiger partial charge in [0.1, 0.15) is 4.21 Å². The molecule has 0 spiro atoms. The van der Waals surface area contributed by atoms with E-state index >= 15 is 0 Å². The average molecular weight is 403 g/mol. The first-order chi connectivity index (χ1) is 12.0. The number of rotatable bonds is 8. The molecule has 8 heteroatoms. The van der Waals surface area contributed by atoms with Gasteiger partial charge in [-0.05, 0) is 44.2 Å². The normalized spacial score (nSPS) is 14.5. The van der Waals surface area contributed by atoms with E-state index in [0.29, 0.717) is 22.2 Å². The molecule has 0 fully saturated rings. The molecule has 0 radical (unpaired) electrons. The van der Waals surface area contributed by atoms with Crippen LogP contribution in [-0.4, -0.2) is 45.4 Å². The Labute approximate surface area is 163 Å². The first kappa shape index (κ1) is 22.9. The third kappa shape index (κ3) is 7.63. The van der Waals surface area contributed by atoms with E-state index in [0.717, 1.165) is 30.2 Å². The Balaban J connectivity index is 2.74. The first-order valence-electron chi connectivity index (χ1n) is 9.02. The van der Waals surface area contributed by atoms with Crippen LogP contribution in [0.3, 0.4) is 0 Å². The molecular formula is C18H34N4O2S2. The second-order valence-electron chi connectivity index (χ2n) is 7.85. The van der Waals surface area contributed by atoms with E-state index in [2.05, 4.69) is 43.3 Å². The van der Waals surface area contributed by atoms with Crippen LogP contribution < -0.4 is 10.6 Å². The summed E-state index contributed by atoms with van der Waals surface area (Å²) in [7, 11) is -0.292. The first-order valence-corrected chi connectivity index (χ1v) is 11.3. The van der Waals surface area contributed by atoms with Gasteiger partial charge in [0.15, 0.2) is 5.96 Å². The Morgan fingerprint density at radius 3 is 2.50 bits per heavy atom. The molecule has 0 bridgehead atoms. The quantitative estimate of drug-likeness (QED) is 0.517. The molecule has 150 valence electrons. The van der Waals surface area contributed by atoms with Crippen LogP contribution in [0.4, 0.5) is 0 Å². The maximum Gasteiger partial charge on any atom is 0.252 e. The van der Waals surface area contributed by atoms with Crippen molar-refractivity contribution in [1.29, 1.82) is 0 Å². The molecule has 0 amide bonds. The van der Waals surface area contributed by atoms with Crippen molar-refractivity contribution in [2.45, 2.75) is 64.3 Å². The van der Waals surface area contributed by atoms with E-state index in [-0.39, 0.29) is 0 Å². The third-order valence-corrected chi connectivity index (χ3v) is 7.17. The number of aliphatic imine (C=N–C) groups is 1. The molecule has 0 aliphatic rings. The van der Waals surface area contributed by atoms with Gasteiger partial charge in [0.25, 0.3) is 10.0 Å². The summed E-state index contributed by atoms with van der Waals surface area (Å²) in [5.41, 5.74) is 0.316. The molecule has 0 saturated carbocycles. The smallest absolute Gasteiger partial charge is 0.252 e. The van der Waals surface area contributed by atoms with Crippen LogP contribution >= 0.6 is 11.3 Å². The van der Waals surface area contributed by atoms with Gasteiger partial charge in [-0.25, -0.2) is 17.7 Å². The molecule has 1 heterocycles. The molecule has 0 aliphatic heterocycles. The summed E-state index contributed by atoms with van der Waals surface area (Å²) in [5, 5.41) is 6.69. The molecule has 1 aromatic heterocycles. The van der Waals surface area contributed by atoms with Gasteiger partial charge in [0, 0.05) is 31.6 Å². The summed E-state index contributed by atoms with van der Waals surface area (Å²) in [6.07, 6.45) is 2.20. The van der Waals surface area contributed by atoms with Crippen LogP contribution in [0.5, 0.6) is 0 Å². The van der Waals surface area contributed by atoms with Crippen molar-refractivity contribution >= 4 is 27.3 Å². The molecule has 6 nitrogen and oxygen atoms in total. The minimum Gasteiger partial charge on any atom is -0.357 e. The Morgan fingerprint density at radius 2 is 1.96 bits per heavy atom. The van der Waals surface area contributed by atoms with Crippen molar-refractivity contribution in [2.24, 2.45) is 10.4 Å². The lowest BCUT2D eigenvalue weighted by atomic mass is 9.89. The zero-order valence-corrected chi connectivity index (χ0v) is 18.7. The fourth-order valence-electron chi connectivity index (χ4n) is 2.19. The van der Waals surface area contributed by atoms with Gasteiger partial charge in [-0.1, -0.05) is 20.8 Å². The van der Waals surface area contributed by atoms with Crippen LogP contribution in [0.15, 0.2) is 21.3 Å². The van der Waals surface area contributed by atoms with Crippen LogP contribution in [-0.2, 0) is 16.6 Å². The number of nitrogens with zero attached hydrogens (tertiary/aromatic N) is 2. The summed E-state index contributed by atoms with van der Waals surface area (Å²) < 4.78 is 25.9. The second-order valence-corrected chi connectivity index (χ2v) is 11.4. The standard InChI is InChI=1S/C18H34N4O2S2/c1-8-19-17(21-14(2)11-12-18(3,4)5)20-13-15-9-10-16(25-15)26(23,24)22(6)7/h9-10,14H,8,11-13H2,1-7H3,(H2,19,20,21). The Hall–Kier alpha value is -1.12. The van der Waals surface area contributed by atoms with Crippen molar-refractivity contribution in [1.82, 2.24) is 14.9 Å². The maximum atomic E-state index is 12.2. The lowest BCUT2D eigenvalue weighted by Gasteiger charge is -2.23. The summed E-state index contributed by atoms with van der Waals surface area (Å²) in [6.45, 7) is 12.2. The largest absolute Gasteiger partial charge is 0.357 e. The van der Waals surface area contributed by atoms with Crippen molar-refractivity contribution in [2.75, 3.05) is 20.6 Å². The Kier molecular flexibility index (Phi) is 8.56. The van der Waals surface area contributed by atoms with Crippen molar-refractivity contribution < 1.29 is 8.42 Å². The van der Waals surface area contributed by atoms with Gasteiger partial charge in [-0.2, -0.15) is 0 Å². The van der Waals surface area contributed by atoms with Gasteiger partial charge >= 0.3 is 0 Å². The lowest BCUT2D eigenvalue weighted by molar-refractivity contribution is 0.346. The Bertz CT molecular complexity index is 688. The second kappa shape index (κ2) is 9.71. The van der Waals surface area contributed by atoms with E-state index < -0.39 is 10.0 Å². The molecular weight excluding hydrogens is 368 g/mol. The highest BCUT2D eigenvalue weighted by atomic mass is 32.2. The van der Waals surface area contributed by atoms with E-state index in [1.807, 2.05) is 13.0 Å². The maximum absolute atomic E-state index is 12.2. The average Bonchev–Trinajstić information content (AvgIpc) is 2.99. The molecule has 1 rings (SSSR count). The van der Waals surface area contributed by atoms with Gasteiger partial charge in [0.2, 0.25) is 0 Å². The predicted octanol–water partition coefficient (Wildman–Crippen LogP) is 3.27. The topological polar surface area (TPSA) is 73.8 Å².